The van der Waals surface area contributed by atoms with E-state index in [1.165, 1.54) is 0 Å². The van der Waals surface area contributed by atoms with Gasteiger partial charge < -0.3 is 9.84 Å². The maximum absolute atomic E-state index is 10.6. The van der Waals surface area contributed by atoms with E-state index in [2.05, 4.69) is 6.92 Å². The summed E-state index contributed by atoms with van der Waals surface area (Å²) < 4.78 is 5.18. The van der Waals surface area contributed by atoms with Crippen LogP contribution in [-0.4, -0.2) is 23.8 Å². The van der Waals surface area contributed by atoms with Crippen molar-refractivity contribution in [3.8, 4) is 0 Å². The monoisotopic (exact) mass is 174 g/mol. The first-order valence-electron chi connectivity index (χ1n) is 4.56. The average molecular weight is 174 g/mol. The van der Waals surface area contributed by atoms with Crippen molar-refractivity contribution in [3.63, 3.8) is 0 Å². The molecule has 0 spiro atoms. The van der Waals surface area contributed by atoms with Crippen LogP contribution in [0.15, 0.2) is 0 Å². The Bertz CT molecular complexity index is 123. The lowest BCUT2D eigenvalue weighted by atomic mass is 10.2. The van der Waals surface area contributed by atoms with Crippen LogP contribution in [0.25, 0.3) is 0 Å². The van der Waals surface area contributed by atoms with Gasteiger partial charge in [0.1, 0.15) is 0 Å². The van der Waals surface area contributed by atoms with Crippen LogP contribution in [0.3, 0.4) is 0 Å². The molecule has 0 aliphatic carbocycles. The highest BCUT2D eigenvalue weighted by Crippen LogP contribution is 2.03. The molecule has 0 heterocycles. The van der Waals surface area contributed by atoms with Crippen LogP contribution in [0.5, 0.6) is 0 Å². The fraction of sp³-hybridized carbons (Fsp3) is 0.889. The molecule has 0 fully saturated rings. The van der Waals surface area contributed by atoms with E-state index in [1.807, 2.05) is 6.92 Å². The van der Waals surface area contributed by atoms with E-state index in [9.17, 15) is 4.79 Å². The number of carboxylic acid groups (broad SMARTS) is 1. The number of unbranched alkanes of at least 4 members (excludes halogenated alkanes) is 1. The van der Waals surface area contributed by atoms with Crippen LogP contribution >= 0.6 is 0 Å². The molecule has 0 rings (SSSR count). The largest absolute Gasteiger partial charge is 0.479 e. The van der Waals surface area contributed by atoms with Crippen molar-refractivity contribution in [3.05, 3.63) is 0 Å². The van der Waals surface area contributed by atoms with E-state index in [0.717, 1.165) is 19.3 Å². The van der Waals surface area contributed by atoms with E-state index in [4.69, 9.17) is 9.84 Å². The summed E-state index contributed by atoms with van der Waals surface area (Å²) in [6.45, 7) is 4.57. The lowest BCUT2D eigenvalue weighted by molar-refractivity contribution is -0.150. The normalized spacial score (nSPS) is 12.8. The summed E-state index contributed by atoms with van der Waals surface area (Å²) in [7, 11) is 0. The molecule has 0 radical (unpaired) electrons. The predicted octanol–water partition coefficient (Wildman–Crippen LogP) is 2.06. The molecule has 0 aromatic carbocycles. The van der Waals surface area contributed by atoms with Gasteiger partial charge in [-0.25, -0.2) is 4.79 Å². The Morgan fingerprint density at radius 1 is 1.42 bits per heavy atom. The van der Waals surface area contributed by atoms with Gasteiger partial charge in [0.2, 0.25) is 0 Å². The van der Waals surface area contributed by atoms with E-state index in [1.54, 1.807) is 0 Å². The molecule has 0 saturated heterocycles. The van der Waals surface area contributed by atoms with E-state index in [0.29, 0.717) is 13.0 Å². The van der Waals surface area contributed by atoms with Crippen molar-refractivity contribution in [1.82, 2.24) is 0 Å². The molecule has 0 aromatic heterocycles. The van der Waals surface area contributed by atoms with Crippen molar-refractivity contribution in [1.29, 1.82) is 0 Å². The fourth-order valence-corrected chi connectivity index (χ4v) is 0.910. The highest BCUT2D eigenvalue weighted by molar-refractivity contribution is 5.72. The van der Waals surface area contributed by atoms with Gasteiger partial charge in [-0.2, -0.15) is 0 Å². The van der Waals surface area contributed by atoms with Gasteiger partial charge >= 0.3 is 5.97 Å². The SMILES string of the molecule is CCCCO[C@@H](CCC)C(=O)O. The third-order valence-corrected chi connectivity index (χ3v) is 1.64. The van der Waals surface area contributed by atoms with Crippen LogP contribution in [0.2, 0.25) is 0 Å². The Morgan fingerprint density at radius 2 is 2.08 bits per heavy atom. The molecule has 0 aliphatic rings. The predicted molar refractivity (Wildman–Crippen MR) is 47.2 cm³/mol. The number of hydrogen-bond donors (Lipinski definition) is 1. The second-order valence-electron chi connectivity index (χ2n) is 2.84. The molecule has 0 aliphatic heterocycles. The minimum absolute atomic E-state index is 0.563. The fourth-order valence-electron chi connectivity index (χ4n) is 0.910. The summed E-state index contributed by atoms with van der Waals surface area (Å²) in [6, 6.07) is 0. The molecule has 3 nitrogen and oxygen atoms in total. The quantitative estimate of drug-likeness (QED) is 0.601. The zero-order valence-corrected chi connectivity index (χ0v) is 7.88. The van der Waals surface area contributed by atoms with Crippen molar-refractivity contribution in [2.45, 2.75) is 45.6 Å². The van der Waals surface area contributed by atoms with E-state index >= 15 is 0 Å². The lowest BCUT2D eigenvalue weighted by Crippen LogP contribution is -2.24. The van der Waals surface area contributed by atoms with Gasteiger partial charge in [0.15, 0.2) is 6.10 Å². The Morgan fingerprint density at radius 3 is 2.50 bits per heavy atom. The molecule has 0 saturated carbocycles. The highest BCUT2D eigenvalue weighted by atomic mass is 16.5. The Balaban J connectivity index is 3.56. The summed E-state index contributed by atoms with van der Waals surface area (Å²) in [5, 5.41) is 8.68. The summed E-state index contributed by atoms with van der Waals surface area (Å²) >= 11 is 0. The first-order chi connectivity index (χ1) is 5.72. The zero-order chi connectivity index (χ0) is 9.40. The molecular formula is C9H18O3. The second-order valence-corrected chi connectivity index (χ2v) is 2.84. The first-order valence-corrected chi connectivity index (χ1v) is 4.56. The molecule has 1 atom stereocenters. The third-order valence-electron chi connectivity index (χ3n) is 1.64. The number of hydrogen-bond acceptors (Lipinski definition) is 2. The first kappa shape index (κ1) is 11.4. The molecule has 1 N–H and O–H groups in total. The molecular weight excluding hydrogens is 156 g/mol. The summed E-state index contributed by atoms with van der Waals surface area (Å²) in [6.07, 6.45) is 2.84. The third kappa shape index (κ3) is 5.13. The van der Waals surface area contributed by atoms with Crippen LogP contribution in [-0.2, 0) is 9.53 Å². The minimum Gasteiger partial charge on any atom is -0.479 e. The molecule has 12 heavy (non-hydrogen) atoms. The van der Waals surface area contributed by atoms with Crippen molar-refractivity contribution in [2.75, 3.05) is 6.61 Å². The second kappa shape index (κ2) is 7.10. The van der Waals surface area contributed by atoms with Crippen molar-refractivity contribution >= 4 is 5.97 Å². The van der Waals surface area contributed by atoms with Crippen molar-refractivity contribution < 1.29 is 14.6 Å². The molecule has 0 amide bonds. The molecule has 0 bridgehead atoms. The standard InChI is InChI=1S/C9H18O3/c1-3-5-7-12-8(6-4-2)9(10)11/h8H,3-7H2,1-2H3,(H,10,11)/t8-/m0/s1. The lowest BCUT2D eigenvalue weighted by Gasteiger charge is -2.11. The smallest absolute Gasteiger partial charge is 0.332 e. The van der Waals surface area contributed by atoms with E-state index < -0.39 is 12.1 Å². The number of ether oxygens (including phenoxy) is 1. The Hall–Kier alpha value is -0.570. The van der Waals surface area contributed by atoms with Crippen LogP contribution in [0, 0.1) is 0 Å². The maximum Gasteiger partial charge on any atom is 0.332 e. The van der Waals surface area contributed by atoms with Gasteiger partial charge in [0.25, 0.3) is 0 Å². The van der Waals surface area contributed by atoms with Gasteiger partial charge in [-0.3, -0.25) is 0 Å². The van der Waals surface area contributed by atoms with Crippen molar-refractivity contribution in [2.24, 2.45) is 0 Å². The minimum atomic E-state index is -0.840. The van der Waals surface area contributed by atoms with Crippen LogP contribution in [0.4, 0.5) is 0 Å². The Labute approximate surface area is 73.7 Å². The zero-order valence-electron chi connectivity index (χ0n) is 7.88. The number of rotatable bonds is 7. The van der Waals surface area contributed by atoms with Gasteiger partial charge in [-0.05, 0) is 12.8 Å². The van der Waals surface area contributed by atoms with Crippen LogP contribution in [0.1, 0.15) is 39.5 Å². The van der Waals surface area contributed by atoms with Gasteiger partial charge in [0, 0.05) is 6.61 Å². The van der Waals surface area contributed by atoms with Gasteiger partial charge in [-0.15, -0.1) is 0 Å². The summed E-state index contributed by atoms with van der Waals surface area (Å²) in [5.41, 5.74) is 0. The average Bonchev–Trinajstić information content (AvgIpc) is 2.03. The van der Waals surface area contributed by atoms with Gasteiger partial charge in [0.05, 0.1) is 0 Å². The highest BCUT2D eigenvalue weighted by Gasteiger charge is 2.15. The van der Waals surface area contributed by atoms with Gasteiger partial charge in [-0.1, -0.05) is 26.7 Å². The molecule has 0 aromatic rings. The van der Waals surface area contributed by atoms with E-state index in [-0.39, 0.29) is 0 Å². The maximum atomic E-state index is 10.6. The number of carbonyl (C=O) groups is 1. The van der Waals surface area contributed by atoms with Crippen LogP contribution < -0.4 is 0 Å². The molecule has 0 unspecified atom stereocenters. The molecule has 3 heteroatoms. The topological polar surface area (TPSA) is 46.5 Å². The number of aliphatic carboxylic acids is 1. The Kier molecular flexibility index (Phi) is 6.76. The molecule has 72 valence electrons. The number of carboxylic acids is 1. The summed E-state index contributed by atoms with van der Waals surface area (Å²) in [4.78, 5) is 10.6. The summed E-state index contributed by atoms with van der Waals surface area (Å²) in [5.74, 6) is -0.840.